The smallest absolute Gasteiger partial charge is 0.328 e. The van der Waals surface area contributed by atoms with Gasteiger partial charge >= 0.3 is 5.69 Å². The lowest BCUT2D eigenvalue weighted by atomic mass is 9.97. The lowest BCUT2D eigenvalue weighted by Gasteiger charge is -2.31. The van der Waals surface area contributed by atoms with E-state index in [9.17, 15) is 14.4 Å². The number of nitrogens with one attached hydrogen (secondary N) is 2. The molecule has 2 aromatic rings. The molecule has 0 bridgehead atoms. The minimum absolute atomic E-state index is 0.224. The second kappa shape index (κ2) is 8.55. The molecule has 9 nitrogen and oxygen atoms in total. The van der Waals surface area contributed by atoms with Gasteiger partial charge < -0.3 is 19.6 Å². The molecule has 1 amide bonds. The van der Waals surface area contributed by atoms with Gasteiger partial charge in [0.05, 0.1) is 5.69 Å². The highest BCUT2D eigenvalue weighted by atomic mass is 16.4. The first-order chi connectivity index (χ1) is 13.3. The maximum atomic E-state index is 12.2. The van der Waals surface area contributed by atoms with Gasteiger partial charge in [-0.1, -0.05) is 0 Å². The first kappa shape index (κ1) is 20.1. The van der Waals surface area contributed by atoms with Crippen LogP contribution in [0.4, 0.5) is 0 Å². The fourth-order valence-electron chi connectivity index (χ4n) is 3.56. The lowest BCUT2D eigenvalue weighted by Crippen LogP contribution is -2.42. The van der Waals surface area contributed by atoms with Crippen LogP contribution < -0.4 is 16.6 Å². The van der Waals surface area contributed by atoms with E-state index in [1.807, 2.05) is 0 Å². The van der Waals surface area contributed by atoms with E-state index >= 15 is 0 Å². The maximum absolute atomic E-state index is 12.2. The molecule has 3 rings (SSSR count). The topological polar surface area (TPSA) is 113 Å². The Morgan fingerprint density at radius 2 is 1.96 bits per heavy atom. The maximum Gasteiger partial charge on any atom is 0.328 e. The van der Waals surface area contributed by atoms with E-state index in [0.29, 0.717) is 42.8 Å². The van der Waals surface area contributed by atoms with Crippen LogP contribution in [0.25, 0.3) is 0 Å². The zero-order valence-corrected chi connectivity index (χ0v) is 16.6. The number of aromatic amines is 1. The number of piperidine rings is 1. The highest BCUT2D eigenvalue weighted by Gasteiger charge is 2.22. The van der Waals surface area contributed by atoms with Crippen LogP contribution in [0.15, 0.2) is 20.1 Å². The zero-order chi connectivity index (χ0) is 20.3. The van der Waals surface area contributed by atoms with E-state index in [-0.39, 0.29) is 22.9 Å². The molecule has 1 aliphatic heterocycles. The van der Waals surface area contributed by atoms with Crippen LogP contribution in [0.1, 0.15) is 40.7 Å². The SMILES string of the molecule is Cc1cc(=O)n(CCN2CCC(CNC(=O)c3oc(C)nc3C)CC2)c(=O)[nH]1. The van der Waals surface area contributed by atoms with Gasteiger partial charge in [0.25, 0.3) is 11.5 Å². The normalized spacial score (nSPS) is 15.7. The summed E-state index contributed by atoms with van der Waals surface area (Å²) in [5, 5.41) is 2.93. The number of aryl methyl sites for hydroxylation is 3. The molecule has 0 aromatic carbocycles. The van der Waals surface area contributed by atoms with Gasteiger partial charge in [-0.15, -0.1) is 0 Å². The molecule has 0 spiro atoms. The molecule has 1 fully saturated rings. The quantitative estimate of drug-likeness (QED) is 0.748. The summed E-state index contributed by atoms with van der Waals surface area (Å²) in [5.41, 5.74) is 0.549. The first-order valence-electron chi connectivity index (χ1n) is 9.59. The number of rotatable bonds is 6. The number of hydrogen-bond acceptors (Lipinski definition) is 6. The van der Waals surface area contributed by atoms with Gasteiger partial charge in [0, 0.05) is 38.3 Å². The third-order valence-corrected chi connectivity index (χ3v) is 5.16. The molecule has 9 heteroatoms. The molecular formula is C19H27N5O4. The fraction of sp³-hybridized carbons (Fsp3) is 0.579. The van der Waals surface area contributed by atoms with E-state index < -0.39 is 0 Å². The van der Waals surface area contributed by atoms with E-state index in [1.165, 1.54) is 10.6 Å². The van der Waals surface area contributed by atoms with Gasteiger partial charge in [-0.05, 0) is 45.7 Å². The average molecular weight is 389 g/mol. The van der Waals surface area contributed by atoms with Crippen LogP contribution in [-0.2, 0) is 6.54 Å². The number of oxazole rings is 1. The Hall–Kier alpha value is -2.68. The van der Waals surface area contributed by atoms with Crippen LogP contribution >= 0.6 is 0 Å². The number of aromatic nitrogens is 3. The molecule has 0 aliphatic carbocycles. The molecule has 152 valence electrons. The standard InChI is InChI=1S/C19H27N5O4/c1-12-10-16(25)24(19(27)21-12)9-8-23-6-4-15(5-7-23)11-20-18(26)17-13(2)22-14(3)28-17/h10,15H,4-9,11H2,1-3H3,(H,20,26)(H,21,27). The highest BCUT2D eigenvalue weighted by Crippen LogP contribution is 2.17. The minimum Gasteiger partial charge on any atom is -0.436 e. The van der Waals surface area contributed by atoms with E-state index in [2.05, 4.69) is 20.2 Å². The third-order valence-electron chi connectivity index (χ3n) is 5.16. The van der Waals surface area contributed by atoms with Crippen LogP contribution in [0.5, 0.6) is 0 Å². The summed E-state index contributed by atoms with van der Waals surface area (Å²) < 4.78 is 6.58. The first-order valence-corrected chi connectivity index (χ1v) is 9.59. The predicted octanol–water partition coefficient (Wildman–Crippen LogP) is 0.592. The van der Waals surface area contributed by atoms with Crippen LogP contribution in [0.3, 0.4) is 0 Å². The van der Waals surface area contributed by atoms with Crippen LogP contribution in [0, 0.1) is 26.7 Å². The highest BCUT2D eigenvalue weighted by molar-refractivity contribution is 5.92. The summed E-state index contributed by atoms with van der Waals surface area (Å²) in [4.78, 5) is 45.1. The number of amides is 1. The van der Waals surface area contributed by atoms with Crippen molar-refractivity contribution in [3.8, 4) is 0 Å². The summed E-state index contributed by atoms with van der Waals surface area (Å²) in [7, 11) is 0. The number of nitrogens with zero attached hydrogens (tertiary/aromatic N) is 3. The largest absolute Gasteiger partial charge is 0.436 e. The van der Waals surface area contributed by atoms with Gasteiger partial charge in [-0.3, -0.25) is 14.2 Å². The minimum atomic E-state index is -0.361. The Morgan fingerprint density at radius 1 is 1.25 bits per heavy atom. The van der Waals surface area contributed by atoms with Crippen molar-refractivity contribution in [3.63, 3.8) is 0 Å². The number of hydrogen-bond donors (Lipinski definition) is 2. The Morgan fingerprint density at radius 3 is 2.57 bits per heavy atom. The van der Waals surface area contributed by atoms with Crippen molar-refractivity contribution in [1.29, 1.82) is 0 Å². The Kier molecular flexibility index (Phi) is 6.13. The Bertz CT molecular complexity index is 919. The summed E-state index contributed by atoms with van der Waals surface area (Å²) in [6.07, 6.45) is 1.90. The second-order valence-electron chi connectivity index (χ2n) is 7.39. The Balaban J connectivity index is 1.44. The molecular weight excluding hydrogens is 362 g/mol. The molecule has 0 saturated carbocycles. The van der Waals surface area contributed by atoms with E-state index in [0.717, 1.165) is 25.9 Å². The number of carbonyl (C=O) groups excluding carboxylic acids is 1. The van der Waals surface area contributed by atoms with Gasteiger partial charge in [0.15, 0.2) is 5.89 Å². The molecule has 0 atom stereocenters. The van der Waals surface area contributed by atoms with Crippen molar-refractivity contribution in [1.82, 2.24) is 24.8 Å². The van der Waals surface area contributed by atoms with E-state index in [1.54, 1.807) is 20.8 Å². The Labute approximate surface area is 162 Å². The molecule has 3 heterocycles. The molecule has 2 aromatic heterocycles. The van der Waals surface area contributed by atoms with Gasteiger partial charge in [0.2, 0.25) is 5.76 Å². The van der Waals surface area contributed by atoms with Crippen molar-refractivity contribution >= 4 is 5.91 Å². The van der Waals surface area contributed by atoms with Crippen molar-refractivity contribution < 1.29 is 9.21 Å². The average Bonchev–Trinajstić information content (AvgIpc) is 2.98. The number of carbonyl (C=O) groups is 1. The van der Waals surface area contributed by atoms with Crippen molar-refractivity contribution in [2.45, 2.75) is 40.2 Å². The van der Waals surface area contributed by atoms with Gasteiger partial charge in [-0.25, -0.2) is 9.78 Å². The predicted molar refractivity (Wildman–Crippen MR) is 104 cm³/mol. The summed E-state index contributed by atoms with van der Waals surface area (Å²) in [6, 6.07) is 1.44. The lowest BCUT2D eigenvalue weighted by molar-refractivity contribution is 0.0906. The van der Waals surface area contributed by atoms with Crippen molar-refractivity contribution in [3.05, 3.63) is 49.9 Å². The van der Waals surface area contributed by atoms with Gasteiger partial charge in [-0.2, -0.15) is 0 Å². The number of likely N-dealkylation sites (tertiary alicyclic amines) is 1. The summed E-state index contributed by atoms with van der Waals surface area (Å²) in [6.45, 7) is 8.55. The third kappa shape index (κ3) is 4.78. The fourth-order valence-corrected chi connectivity index (χ4v) is 3.56. The molecule has 0 unspecified atom stereocenters. The molecule has 28 heavy (non-hydrogen) atoms. The number of H-pyrrole nitrogens is 1. The van der Waals surface area contributed by atoms with Crippen molar-refractivity contribution in [2.24, 2.45) is 5.92 Å². The molecule has 1 saturated heterocycles. The molecule has 1 aliphatic rings. The monoisotopic (exact) mass is 389 g/mol. The zero-order valence-electron chi connectivity index (χ0n) is 16.6. The van der Waals surface area contributed by atoms with Crippen LogP contribution in [-0.4, -0.2) is 51.5 Å². The molecule has 2 N–H and O–H groups in total. The summed E-state index contributed by atoms with van der Waals surface area (Å²) >= 11 is 0. The van der Waals surface area contributed by atoms with Crippen molar-refractivity contribution in [2.75, 3.05) is 26.2 Å². The van der Waals surface area contributed by atoms with E-state index in [4.69, 9.17) is 4.42 Å². The van der Waals surface area contributed by atoms with Gasteiger partial charge in [0.1, 0.15) is 0 Å². The second-order valence-corrected chi connectivity index (χ2v) is 7.39. The summed E-state index contributed by atoms with van der Waals surface area (Å²) in [5.74, 6) is 0.944. The van der Waals surface area contributed by atoms with Crippen LogP contribution in [0.2, 0.25) is 0 Å². The molecule has 0 radical (unpaired) electrons.